The maximum Gasteiger partial charge on any atom is 0.317 e. The lowest BCUT2D eigenvalue weighted by Crippen LogP contribution is -2.50. The Kier molecular flexibility index (Phi) is 3.92. The van der Waals surface area contributed by atoms with Crippen LogP contribution in [-0.4, -0.2) is 46.5 Å². The second-order valence-corrected chi connectivity index (χ2v) is 7.24. The molecule has 2 N–H and O–H groups in total. The Hall–Kier alpha value is -2.08. The lowest BCUT2D eigenvalue weighted by molar-refractivity contribution is 0.118. The number of rotatable bonds is 2. The summed E-state index contributed by atoms with van der Waals surface area (Å²) < 4.78 is 2.06. The van der Waals surface area contributed by atoms with Gasteiger partial charge in [0, 0.05) is 36.9 Å². The Bertz CT molecular complexity index is 747. The zero-order chi connectivity index (χ0) is 16.6. The molecule has 2 aliphatic heterocycles. The van der Waals surface area contributed by atoms with Gasteiger partial charge in [-0.05, 0) is 44.9 Å². The fourth-order valence-corrected chi connectivity index (χ4v) is 4.09. The van der Waals surface area contributed by atoms with Gasteiger partial charge in [0.25, 0.3) is 0 Å². The van der Waals surface area contributed by atoms with Crippen LogP contribution in [-0.2, 0) is 6.54 Å². The molecule has 2 fully saturated rings. The van der Waals surface area contributed by atoms with Crippen LogP contribution in [0.25, 0.3) is 5.65 Å². The smallest absolute Gasteiger partial charge is 0.317 e. The molecule has 24 heavy (non-hydrogen) atoms. The van der Waals surface area contributed by atoms with Gasteiger partial charge in [0.05, 0.1) is 12.2 Å². The highest BCUT2D eigenvalue weighted by atomic mass is 16.2. The number of nitrogens with zero attached hydrogens (tertiary/aromatic N) is 3. The van der Waals surface area contributed by atoms with Crippen LogP contribution in [0.4, 0.5) is 4.79 Å². The second kappa shape index (κ2) is 6.09. The van der Waals surface area contributed by atoms with Gasteiger partial charge in [0.15, 0.2) is 0 Å². The van der Waals surface area contributed by atoms with E-state index in [1.54, 1.807) is 0 Å². The van der Waals surface area contributed by atoms with Gasteiger partial charge < -0.3 is 19.9 Å². The molecule has 0 aliphatic carbocycles. The fraction of sp³-hybridized carbons (Fsp3) is 0.556. The molecule has 0 unspecified atom stereocenters. The number of amides is 2. The molecule has 128 valence electrons. The standard InChI is InChI=1S/C18H25N5O/c1-14-4-2-5-16-21-15(11-23(14)16)10-20-17(24)22-9-3-6-18(13-22)7-8-19-12-18/h2,4-5,11,19H,3,6-10,12-13H2,1H3,(H,20,24)/t18-/m0/s1. The van der Waals surface area contributed by atoms with Crippen molar-refractivity contribution in [3.05, 3.63) is 35.8 Å². The van der Waals surface area contributed by atoms with Gasteiger partial charge in [-0.15, -0.1) is 0 Å². The zero-order valence-electron chi connectivity index (χ0n) is 14.2. The van der Waals surface area contributed by atoms with Crippen molar-refractivity contribution in [3.8, 4) is 0 Å². The topological polar surface area (TPSA) is 61.7 Å². The van der Waals surface area contributed by atoms with E-state index in [1.807, 2.05) is 23.2 Å². The van der Waals surface area contributed by atoms with Crippen molar-refractivity contribution < 1.29 is 4.79 Å². The van der Waals surface area contributed by atoms with Crippen molar-refractivity contribution >= 4 is 11.7 Å². The number of likely N-dealkylation sites (tertiary alicyclic amines) is 1. The van der Waals surface area contributed by atoms with E-state index < -0.39 is 0 Å². The third-order valence-corrected chi connectivity index (χ3v) is 5.45. The molecule has 2 amide bonds. The first-order valence-corrected chi connectivity index (χ1v) is 8.82. The van der Waals surface area contributed by atoms with E-state index in [1.165, 1.54) is 12.8 Å². The third kappa shape index (κ3) is 2.86. The van der Waals surface area contributed by atoms with Crippen LogP contribution < -0.4 is 10.6 Å². The van der Waals surface area contributed by atoms with Crippen LogP contribution in [0, 0.1) is 12.3 Å². The summed E-state index contributed by atoms with van der Waals surface area (Å²) >= 11 is 0. The van der Waals surface area contributed by atoms with Crippen molar-refractivity contribution in [3.63, 3.8) is 0 Å². The Morgan fingerprint density at radius 3 is 3.12 bits per heavy atom. The minimum atomic E-state index is 0.0368. The van der Waals surface area contributed by atoms with Crippen LogP contribution in [0.1, 0.15) is 30.7 Å². The maximum absolute atomic E-state index is 12.6. The fourth-order valence-electron chi connectivity index (χ4n) is 4.09. The number of aromatic nitrogens is 2. The van der Waals surface area contributed by atoms with Gasteiger partial charge in [-0.25, -0.2) is 9.78 Å². The normalized spacial score (nSPS) is 24.0. The van der Waals surface area contributed by atoms with E-state index in [9.17, 15) is 4.79 Å². The van der Waals surface area contributed by atoms with Crippen molar-refractivity contribution in [1.29, 1.82) is 0 Å². The van der Waals surface area contributed by atoms with Crippen molar-refractivity contribution in [2.45, 2.75) is 32.7 Å². The van der Waals surface area contributed by atoms with Crippen molar-refractivity contribution in [1.82, 2.24) is 24.9 Å². The average molecular weight is 327 g/mol. The summed E-state index contributed by atoms with van der Waals surface area (Å²) in [7, 11) is 0. The largest absolute Gasteiger partial charge is 0.332 e. The first-order chi connectivity index (χ1) is 11.7. The molecule has 0 bridgehead atoms. The van der Waals surface area contributed by atoms with E-state index in [4.69, 9.17) is 0 Å². The molecule has 6 heteroatoms. The summed E-state index contributed by atoms with van der Waals surface area (Å²) in [5.74, 6) is 0. The SMILES string of the molecule is Cc1cccc2nc(CNC(=O)N3CCC[C@@]4(CCNC4)C3)cn12. The Morgan fingerprint density at radius 2 is 2.33 bits per heavy atom. The Labute approximate surface area is 142 Å². The van der Waals surface area contributed by atoms with Crippen LogP contribution in [0.3, 0.4) is 0 Å². The van der Waals surface area contributed by atoms with E-state index in [2.05, 4.69) is 33.0 Å². The molecule has 0 saturated carbocycles. The lowest BCUT2D eigenvalue weighted by atomic mass is 9.79. The van der Waals surface area contributed by atoms with Crippen molar-refractivity contribution in [2.75, 3.05) is 26.2 Å². The van der Waals surface area contributed by atoms with Gasteiger partial charge in [0.2, 0.25) is 0 Å². The number of carbonyl (C=O) groups is 1. The molecule has 2 aromatic rings. The number of carbonyl (C=O) groups excluding carboxylic acids is 1. The van der Waals surface area contributed by atoms with Gasteiger partial charge >= 0.3 is 6.03 Å². The quantitative estimate of drug-likeness (QED) is 0.886. The average Bonchev–Trinajstić information content (AvgIpc) is 3.20. The molecule has 1 atom stereocenters. The summed E-state index contributed by atoms with van der Waals surface area (Å²) in [6, 6.07) is 6.08. The first kappa shape index (κ1) is 15.4. The number of imidazole rings is 1. The number of aryl methyl sites for hydroxylation is 1. The highest BCUT2D eigenvalue weighted by molar-refractivity contribution is 5.74. The second-order valence-electron chi connectivity index (χ2n) is 7.24. The summed E-state index contributed by atoms with van der Waals surface area (Å²) in [6.45, 7) is 6.38. The highest BCUT2D eigenvalue weighted by Gasteiger charge is 2.39. The molecular formula is C18H25N5O. The number of nitrogens with one attached hydrogen (secondary N) is 2. The van der Waals surface area contributed by atoms with E-state index in [0.29, 0.717) is 12.0 Å². The van der Waals surface area contributed by atoms with Gasteiger partial charge in [0.1, 0.15) is 5.65 Å². The number of hydrogen-bond acceptors (Lipinski definition) is 3. The molecule has 6 nitrogen and oxygen atoms in total. The number of pyridine rings is 1. The van der Waals surface area contributed by atoms with Crippen LogP contribution in [0.15, 0.2) is 24.4 Å². The minimum absolute atomic E-state index is 0.0368. The summed E-state index contributed by atoms with van der Waals surface area (Å²) in [4.78, 5) is 19.1. The number of urea groups is 1. The molecule has 2 saturated heterocycles. The van der Waals surface area contributed by atoms with Gasteiger partial charge in [-0.2, -0.15) is 0 Å². The zero-order valence-corrected chi connectivity index (χ0v) is 14.2. The van der Waals surface area contributed by atoms with Crippen molar-refractivity contribution in [2.24, 2.45) is 5.41 Å². The summed E-state index contributed by atoms with van der Waals surface area (Å²) in [6.07, 6.45) is 5.52. The molecular weight excluding hydrogens is 302 g/mol. The van der Waals surface area contributed by atoms with Gasteiger partial charge in [-0.3, -0.25) is 0 Å². The minimum Gasteiger partial charge on any atom is -0.332 e. The Morgan fingerprint density at radius 1 is 1.42 bits per heavy atom. The van der Waals surface area contributed by atoms with Gasteiger partial charge in [-0.1, -0.05) is 6.07 Å². The number of hydrogen-bond donors (Lipinski definition) is 2. The molecule has 4 rings (SSSR count). The lowest BCUT2D eigenvalue weighted by Gasteiger charge is -2.39. The third-order valence-electron chi connectivity index (χ3n) is 5.45. The molecule has 0 aromatic carbocycles. The number of fused-ring (bicyclic) bond motifs is 1. The first-order valence-electron chi connectivity index (χ1n) is 8.82. The number of piperidine rings is 1. The molecule has 4 heterocycles. The molecule has 2 aromatic heterocycles. The predicted octanol–water partition coefficient (Wildman–Crippen LogP) is 1.93. The van der Waals surface area contributed by atoms with E-state index in [0.717, 1.165) is 49.6 Å². The monoisotopic (exact) mass is 327 g/mol. The predicted molar refractivity (Wildman–Crippen MR) is 92.9 cm³/mol. The van der Waals surface area contributed by atoms with Crippen LogP contribution >= 0.6 is 0 Å². The van der Waals surface area contributed by atoms with Crippen LogP contribution in [0.2, 0.25) is 0 Å². The summed E-state index contributed by atoms with van der Waals surface area (Å²) in [5.41, 5.74) is 3.26. The molecule has 1 spiro atoms. The molecule has 2 aliphatic rings. The maximum atomic E-state index is 12.6. The summed E-state index contributed by atoms with van der Waals surface area (Å²) in [5, 5.41) is 6.50. The Balaban J connectivity index is 1.39. The molecule has 0 radical (unpaired) electrons. The van der Waals surface area contributed by atoms with Crippen LogP contribution in [0.5, 0.6) is 0 Å². The van der Waals surface area contributed by atoms with E-state index in [-0.39, 0.29) is 6.03 Å². The van der Waals surface area contributed by atoms with E-state index >= 15 is 0 Å². The highest BCUT2D eigenvalue weighted by Crippen LogP contribution is 2.35.